The van der Waals surface area contributed by atoms with Gasteiger partial charge < -0.3 is 14.3 Å². The molecule has 0 spiro atoms. The summed E-state index contributed by atoms with van der Waals surface area (Å²) in [5.74, 6) is -0.833. The van der Waals surface area contributed by atoms with Gasteiger partial charge in [-0.2, -0.15) is 5.10 Å². The highest BCUT2D eigenvalue weighted by Gasteiger charge is 2.08. The molecule has 0 aliphatic rings. The summed E-state index contributed by atoms with van der Waals surface area (Å²) < 4.78 is 10.0. The number of hydrogen-bond donors (Lipinski definition) is 2. The predicted octanol–water partition coefficient (Wildman–Crippen LogP) is 2.29. The lowest BCUT2D eigenvalue weighted by Crippen LogP contribution is -2.19. The molecule has 2 rings (SSSR count). The Kier molecular flexibility index (Phi) is 5.51. The Hall–Kier alpha value is -3.09. The van der Waals surface area contributed by atoms with Crippen LogP contribution in [0.5, 0.6) is 5.75 Å². The van der Waals surface area contributed by atoms with E-state index in [0.717, 1.165) is 5.56 Å². The second-order valence-electron chi connectivity index (χ2n) is 4.54. The quantitative estimate of drug-likeness (QED) is 0.603. The second-order valence-corrected chi connectivity index (χ2v) is 4.54. The normalized spacial score (nSPS) is 11.1. The van der Waals surface area contributed by atoms with Crippen LogP contribution in [0.25, 0.3) is 0 Å². The standard InChI is InChI=1S/C16H16N2O5/c1-2-13(17-18-16(21)14-4-3-9-22-14)11-5-7-12(8-6-11)23-10-15(19)20/h3-9H,2,10H2,1H3,(H,18,21)(H,19,20)/b17-13-. The van der Waals surface area contributed by atoms with Crippen LogP contribution in [0.3, 0.4) is 0 Å². The van der Waals surface area contributed by atoms with Crippen LogP contribution in [0.15, 0.2) is 52.2 Å². The highest BCUT2D eigenvalue weighted by molar-refractivity contribution is 6.01. The van der Waals surface area contributed by atoms with Crippen LogP contribution in [0, 0.1) is 0 Å². The Balaban J connectivity index is 2.03. The first-order valence-electron chi connectivity index (χ1n) is 6.95. The fourth-order valence-electron chi connectivity index (χ4n) is 1.82. The number of carboxylic acid groups (broad SMARTS) is 1. The monoisotopic (exact) mass is 316 g/mol. The van der Waals surface area contributed by atoms with Crippen molar-refractivity contribution in [1.29, 1.82) is 0 Å². The fraction of sp³-hybridized carbons (Fsp3) is 0.188. The summed E-state index contributed by atoms with van der Waals surface area (Å²) in [7, 11) is 0. The van der Waals surface area contributed by atoms with Gasteiger partial charge in [0.05, 0.1) is 12.0 Å². The molecule has 7 heteroatoms. The number of carbonyl (C=O) groups excluding carboxylic acids is 1. The minimum Gasteiger partial charge on any atom is -0.482 e. The highest BCUT2D eigenvalue weighted by Crippen LogP contribution is 2.14. The molecule has 1 amide bonds. The van der Waals surface area contributed by atoms with Gasteiger partial charge in [-0.1, -0.05) is 6.92 Å². The Morgan fingerprint density at radius 3 is 2.57 bits per heavy atom. The van der Waals surface area contributed by atoms with Crippen molar-refractivity contribution in [1.82, 2.24) is 5.43 Å². The Labute approximate surface area is 132 Å². The minimum absolute atomic E-state index is 0.182. The number of aliphatic carboxylic acids is 1. The molecule has 23 heavy (non-hydrogen) atoms. The van der Waals surface area contributed by atoms with Gasteiger partial charge in [-0.3, -0.25) is 4.79 Å². The zero-order valence-corrected chi connectivity index (χ0v) is 12.5. The van der Waals surface area contributed by atoms with Gasteiger partial charge in [0, 0.05) is 0 Å². The molecule has 1 aromatic carbocycles. The number of hydrogen-bond acceptors (Lipinski definition) is 5. The number of hydrazone groups is 1. The van der Waals surface area contributed by atoms with Crippen LogP contribution in [0.1, 0.15) is 29.5 Å². The maximum Gasteiger partial charge on any atom is 0.341 e. The largest absolute Gasteiger partial charge is 0.482 e. The lowest BCUT2D eigenvalue weighted by Gasteiger charge is -2.07. The summed E-state index contributed by atoms with van der Waals surface area (Å²) >= 11 is 0. The summed E-state index contributed by atoms with van der Waals surface area (Å²) in [6.45, 7) is 1.51. The molecule has 0 radical (unpaired) electrons. The molecule has 1 heterocycles. The highest BCUT2D eigenvalue weighted by atomic mass is 16.5. The summed E-state index contributed by atoms with van der Waals surface area (Å²) in [6, 6.07) is 9.97. The number of benzene rings is 1. The average Bonchev–Trinajstić information content (AvgIpc) is 3.09. The molecule has 120 valence electrons. The van der Waals surface area contributed by atoms with Gasteiger partial charge >= 0.3 is 11.9 Å². The molecule has 2 N–H and O–H groups in total. The smallest absolute Gasteiger partial charge is 0.341 e. The van der Waals surface area contributed by atoms with Crippen molar-refractivity contribution in [3.63, 3.8) is 0 Å². The van der Waals surface area contributed by atoms with Crippen molar-refractivity contribution in [2.24, 2.45) is 5.10 Å². The van der Waals surface area contributed by atoms with E-state index >= 15 is 0 Å². The summed E-state index contributed by atoms with van der Waals surface area (Å²) in [5, 5.41) is 12.7. The number of carbonyl (C=O) groups is 2. The molecule has 0 aliphatic carbocycles. The number of rotatable bonds is 7. The molecule has 0 fully saturated rings. The van der Waals surface area contributed by atoms with E-state index in [1.807, 2.05) is 6.92 Å². The third-order valence-electron chi connectivity index (χ3n) is 2.92. The van der Waals surface area contributed by atoms with E-state index in [1.54, 1.807) is 36.4 Å². The number of carboxylic acids is 1. The number of ether oxygens (including phenoxy) is 1. The van der Waals surface area contributed by atoms with Crippen LogP contribution >= 0.6 is 0 Å². The van der Waals surface area contributed by atoms with Gasteiger partial charge in [-0.15, -0.1) is 0 Å². The number of amides is 1. The molecule has 0 bridgehead atoms. The van der Waals surface area contributed by atoms with Crippen LogP contribution in [-0.4, -0.2) is 29.3 Å². The SMILES string of the molecule is CC/C(=N/NC(=O)c1ccco1)c1ccc(OCC(=O)O)cc1. The van der Waals surface area contributed by atoms with E-state index in [2.05, 4.69) is 10.5 Å². The molecular formula is C16H16N2O5. The van der Waals surface area contributed by atoms with E-state index in [-0.39, 0.29) is 5.76 Å². The second kappa shape index (κ2) is 7.79. The first kappa shape index (κ1) is 16.3. The lowest BCUT2D eigenvalue weighted by molar-refractivity contribution is -0.139. The van der Waals surface area contributed by atoms with Gasteiger partial charge in [0.2, 0.25) is 0 Å². The van der Waals surface area contributed by atoms with Crippen LogP contribution in [-0.2, 0) is 4.79 Å². The third kappa shape index (κ3) is 4.70. The average molecular weight is 316 g/mol. The van der Waals surface area contributed by atoms with Crippen molar-refractivity contribution >= 4 is 17.6 Å². The molecule has 0 saturated heterocycles. The van der Waals surface area contributed by atoms with E-state index in [1.165, 1.54) is 6.26 Å². The van der Waals surface area contributed by atoms with Gasteiger partial charge in [0.25, 0.3) is 0 Å². The van der Waals surface area contributed by atoms with Crippen molar-refractivity contribution in [3.05, 3.63) is 54.0 Å². The van der Waals surface area contributed by atoms with Crippen molar-refractivity contribution < 1.29 is 23.8 Å². The molecule has 1 aromatic heterocycles. The molecule has 7 nitrogen and oxygen atoms in total. The summed E-state index contributed by atoms with van der Waals surface area (Å²) in [5.41, 5.74) is 3.91. The number of nitrogens with one attached hydrogen (secondary N) is 1. The van der Waals surface area contributed by atoms with Crippen LogP contribution in [0.2, 0.25) is 0 Å². The zero-order valence-electron chi connectivity index (χ0n) is 12.5. The van der Waals surface area contributed by atoms with Crippen molar-refractivity contribution in [2.45, 2.75) is 13.3 Å². The van der Waals surface area contributed by atoms with Crippen LogP contribution in [0.4, 0.5) is 0 Å². The molecular weight excluding hydrogens is 300 g/mol. The van der Waals surface area contributed by atoms with Gasteiger partial charge in [-0.25, -0.2) is 10.2 Å². The van der Waals surface area contributed by atoms with E-state index < -0.39 is 18.5 Å². The van der Waals surface area contributed by atoms with Crippen molar-refractivity contribution in [3.8, 4) is 5.75 Å². The molecule has 0 unspecified atom stereocenters. The first-order valence-corrected chi connectivity index (χ1v) is 6.95. The Morgan fingerprint density at radius 2 is 2.00 bits per heavy atom. The summed E-state index contributed by atoms with van der Waals surface area (Å²) in [6.07, 6.45) is 2.02. The molecule has 0 aliphatic heterocycles. The Bertz CT molecular complexity index is 690. The molecule has 2 aromatic rings. The van der Waals surface area contributed by atoms with Gasteiger partial charge in [0.1, 0.15) is 5.75 Å². The predicted molar refractivity (Wildman–Crippen MR) is 82.6 cm³/mol. The lowest BCUT2D eigenvalue weighted by atomic mass is 10.1. The van der Waals surface area contributed by atoms with Crippen LogP contribution < -0.4 is 10.2 Å². The first-order chi connectivity index (χ1) is 11.1. The maximum absolute atomic E-state index is 11.8. The maximum atomic E-state index is 11.8. The third-order valence-corrected chi connectivity index (χ3v) is 2.92. The van der Waals surface area contributed by atoms with Gasteiger partial charge in [0.15, 0.2) is 12.4 Å². The van der Waals surface area contributed by atoms with Gasteiger partial charge in [-0.05, 0) is 48.4 Å². The molecule has 0 atom stereocenters. The number of nitrogens with zero attached hydrogens (tertiary/aromatic N) is 1. The minimum atomic E-state index is -1.04. The Morgan fingerprint density at radius 1 is 1.26 bits per heavy atom. The topological polar surface area (TPSA) is 101 Å². The number of furan rings is 1. The van der Waals surface area contributed by atoms with E-state index in [9.17, 15) is 9.59 Å². The molecule has 0 saturated carbocycles. The van der Waals surface area contributed by atoms with E-state index in [4.69, 9.17) is 14.3 Å². The van der Waals surface area contributed by atoms with Crippen molar-refractivity contribution in [2.75, 3.05) is 6.61 Å². The fourth-order valence-corrected chi connectivity index (χ4v) is 1.82. The zero-order chi connectivity index (χ0) is 16.7. The summed E-state index contributed by atoms with van der Waals surface area (Å²) in [4.78, 5) is 22.2. The van der Waals surface area contributed by atoms with E-state index in [0.29, 0.717) is 17.9 Å².